The number of rotatable bonds is 5. The minimum Gasteiger partial charge on any atom is -0.494 e. The first-order chi connectivity index (χ1) is 8.74. The fourth-order valence-electron chi connectivity index (χ4n) is 1.83. The van der Waals surface area contributed by atoms with E-state index in [4.69, 9.17) is 14.9 Å². The number of aryl methyl sites for hydroxylation is 1. The second-order valence-electron chi connectivity index (χ2n) is 4.01. The van der Waals surface area contributed by atoms with Crippen LogP contribution >= 0.6 is 0 Å². The van der Waals surface area contributed by atoms with Gasteiger partial charge in [0.05, 0.1) is 6.61 Å². The molecule has 0 radical (unpaired) electrons. The van der Waals surface area contributed by atoms with Crippen LogP contribution in [-0.4, -0.2) is 18.1 Å². The van der Waals surface area contributed by atoms with Gasteiger partial charge < -0.3 is 14.9 Å². The van der Waals surface area contributed by atoms with Crippen LogP contribution in [0.5, 0.6) is 5.75 Å². The first-order valence-corrected chi connectivity index (χ1v) is 6.14. The van der Waals surface area contributed by atoms with Gasteiger partial charge in [0.2, 0.25) is 0 Å². The van der Waals surface area contributed by atoms with Crippen molar-refractivity contribution in [3.8, 4) is 17.0 Å². The number of nitrogens with zero attached hydrogens (tertiary/aromatic N) is 1. The number of hydrogen-bond donors (Lipinski definition) is 1. The summed E-state index contributed by atoms with van der Waals surface area (Å²) in [7, 11) is 0. The molecule has 0 bridgehead atoms. The van der Waals surface area contributed by atoms with Gasteiger partial charge in [-0.05, 0) is 38.1 Å². The lowest BCUT2D eigenvalue weighted by molar-refractivity contribution is 0.340. The first-order valence-electron chi connectivity index (χ1n) is 6.14. The summed E-state index contributed by atoms with van der Waals surface area (Å²) in [5, 5.41) is 0. The van der Waals surface area contributed by atoms with E-state index >= 15 is 0 Å². The van der Waals surface area contributed by atoms with E-state index in [1.165, 1.54) is 0 Å². The Kier molecular flexibility index (Phi) is 3.99. The van der Waals surface area contributed by atoms with Gasteiger partial charge in [-0.1, -0.05) is 0 Å². The SMILES string of the molecule is CCOc1ccc(-c2nc(CCN)oc2C)cc1. The predicted octanol–water partition coefficient (Wildman–Crippen LogP) is 2.55. The van der Waals surface area contributed by atoms with Crippen molar-refractivity contribution in [1.82, 2.24) is 4.98 Å². The highest BCUT2D eigenvalue weighted by molar-refractivity contribution is 5.61. The molecule has 1 heterocycles. The average Bonchev–Trinajstić information content (AvgIpc) is 2.72. The van der Waals surface area contributed by atoms with Gasteiger partial charge in [-0.3, -0.25) is 0 Å². The van der Waals surface area contributed by atoms with Crippen LogP contribution in [0.1, 0.15) is 18.6 Å². The number of hydrogen-bond acceptors (Lipinski definition) is 4. The van der Waals surface area contributed by atoms with E-state index < -0.39 is 0 Å². The Morgan fingerprint density at radius 2 is 2.00 bits per heavy atom. The summed E-state index contributed by atoms with van der Waals surface area (Å²) in [6.07, 6.45) is 0.665. The van der Waals surface area contributed by atoms with Crippen LogP contribution < -0.4 is 10.5 Å². The topological polar surface area (TPSA) is 61.3 Å². The molecule has 18 heavy (non-hydrogen) atoms. The van der Waals surface area contributed by atoms with Crippen LogP contribution in [0.2, 0.25) is 0 Å². The summed E-state index contributed by atoms with van der Waals surface area (Å²) in [5.41, 5.74) is 7.40. The van der Waals surface area contributed by atoms with Gasteiger partial charge in [-0.25, -0.2) is 4.98 Å². The van der Waals surface area contributed by atoms with Gasteiger partial charge in [-0.15, -0.1) is 0 Å². The molecule has 0 unspecified atom stereocenters. The van der Waals surface area contributed by atoms with E-state index in [0.29, 0.717) is 25.5 Å². The zero-order valence-corrected chi connectivity index (χ0v) is 10.8. The zero-order chi connectivity index (χ0) is 13.0. The molecule has 2 N–H and O–H groups in total. The Labute approximate surface area is 107 Å². The van der Waals surface area contributed by atoms with Gasteiger partial charge >= 0.3 is 0 Å². The van der Waals surface area contributed by atoms with Gasteiger partial charge in [0, 0.05) is 18.5 Å². The summed E-state index contributed by atoms with van der Waals surface area (Å²) >= 11 is 0. The van der Waals surface area contributed by atoms with Crippen LogP contribution in [0.3, 0.4) is 0 Å². The van der Waals surface area contributed by atoms with Crippen molar-refractivity contribution in [1.29, 1.82) is 0 Å². The van der Waals surface area contributed by atoms with Gasteiger partial charge in [0.1, 0.15) is 17.2 Å². The quantitative estimate of drug-likeness (QED) is 0.880. The molecular formula is C14H18N2O2. The number of oxazole rings is 1. The molecule has 0 saturated carbocycles. The fraction of sp³-hybridized carbons (Fsp3) is 0.357. The smallest absolute Gasteiger partial charge is 0.196 e. The maximum absolute atomic E-state index is 5.56. The Hall–Kier alpha value is -1.81. The maximum Gasteiger partial charge on any atom is 0.196 e. The van der Waals surface area contributed by atoms with E-state index in [9.17, 15) is 0 Å². The Morgan fingerprint density at radius 1 is 1.28 bits per heavy atom. The van der Waals surface area contributed by atoms with E-state index in [1.54, 1.807) is 0 Å². The van der Waals surface area contributed by atoms with Crippen molar-refractivity contribution in [3.05, 3.63) is 35.9 Å². The normalized spacial score (nSPS) is 10.6. The number of aromatic nitrogens is 1. The molecule has 0 fully saturated rings. The van der Waals surface area contributed by atoms with Crippen molar-refractivity contribution in [2.24, 2.45) is 5.73 Å². The van der Waals surface area contributed by atoms with E-state index in [-0.39, 0.29) is 0 Å². The van der Waals surface area contributed by atoms with Crippen molar-refractivity contribution in [2.75, 3.05) is 13.2 Å². The highest BCUT2D eigenvalue weighted by Gasteiger charge is 2.11. The molecule has 96 valence electrons. The van der Waals surface area contributed by atoms with E-state index in [1.807, 2.05) is 38.1 Å². The molecule has 4 heteroatoms. The molecule has 0 spiro atoms. The van der Waals surface area contributed by atoms with Gasteiger partial charge in [0.25, 0.3) is 0 Å². The monoisotopic (exact) mass is 246 g/mol. The van der Waals surface area contributed by atoms with Crippen LogP contribution in [0, 0.1) is 6.92 Å². The predicted molar refractivity (Wildman–Crippen MR) is 70.6 cm³/mol. The standard InChI is InChI=1S/C14H18N2O2/c1-3-17-12-6-4-11(5-7-12)14-10(2)18-13(16-14)8-9-15/h4-7H,3,8-9,15H2,1-2H3. The summed E-state index contributed by atoms with van der Waals surface area (Å²) in [5.74, 6) is 2.38. The number of ether oxygens (including phenoxy) is 1. The van der Waals surface area contributed by atoms with Crippen molar-refractivity contribution in [2.45, 2.75) is 20.3 Å². The number of nitrogens with two attached hydrogens (primary N) is 1. The fourth-order valence-corrected chi connectivity index (χ4v) is 1.83. The lowest BCUT2D eigenvalue weighted by Gasteiger charge is -2.03. The van der Waals surface area contributed by atoms with Crippen LogP contribution in [0.15, 0.2) is 28.7 Å². The van der Waals surface area contributed by atoms with Crippen molar-refractivity contribution >= 4 is 0 Å². The molecule has 0 aliphatic heterocycles. The van der Waals surface area contributed by atoms with Crippen molar-refractivity contribution in [3.63, 3.8) is 0 Å². The lowest BCUT2D eigenvalue weighted by Crippen LogP contribution is -2.02. The molecule has 0 atom stereocenters. The molecule has 0 aliphatic carbocycles. The Bertz CT molecular complexity index is 503. The third kappa shape index (κ3) is 2.71. The minimum atomic E-state index is 0.544. The lowest BCUT2D eigenvalue weighted by atomic mass is 10.1. The van der Waals surface area contributed by atoms with E-state index in [0.717, 1.165) is 22.8 Å². The highest BCUT2D eigenvalue weighted by atomic mass is 16.5. The molecule has 0 aliphatic rings. The van der Waals surface area contributed by atoms with E-state index in [2.05, 4.69) is 4.98 Å². The molecule has 0 saturated heterocycles. The zero-order valence-electron chi connectivity index (χ0n) is 10.8. The largest absolute Gasteiger partial charge is 0.494 e. The van der Waals surface area contributed by atoms with Crippen LogP contribution in [-0.2, 0) is 6.42 Å². The van der Waals surface area contributed by atoms with Gasteiger partial charge in [0.15, 0.2) is 5.89 Å². The Balaban J connectivity index is 2.24. The van der Waals surface area contributed by atoms with Crippen LogP contribution in [0.4, 0.5) is 0 Å². The van der Waals surface area contributed by atoms with Gasteiger partial charge in [-0.2, -0.15) is 0 Å². The highest BCUT2D eigenvalue weighted by Crippen LogP contribution is 2.25. The summed E-state index contributed by atoms with van der Waals surface area (Å²) in [4.78, 5) is 4.46. The van der Waals surface area contributed by atoms with Crippen LogP contribution in [0.25, 0.3) is 11.3 Å². The molecule has 1 aromatic carbocycles. The maximum atomic E-state index is 5.56. The molecule has 1 aromatic heterocycles. The van der Waals surface area contributed by atoms with Crippen molar-refractivity contribution < 1.29 is 9.15 Å². The molecule has 2 rings (SSSR count). The minimum absolute atomic E-state index is 0.544. The Morgan fingerprint density at radius 3 is 2.61 bits per heavy atom. The third-order valence-electron chi connectivity index (χ3n) is 2.64. The molecule has 2 aromatic rings. The summed E-state index contributed by atoms with van der Waals surface area (Å²) < 4.78 is 11.0. The number of benzene rings is 1. The molecular weight excluding hydrogens is 228 g/mol. The second kappa shape index (κ2) is 5.69. The third-order valence-corrected chi connectivity index (χ3v) is 2.64. The second-order valence-corrected chi connectivity index (χ2v) is 4.01. The summed E-state index contributed by atoms with van der Waals surface area (Å²) in [6, 6.07) is 7.86. The first kappa shape index (κ1) is 12.6. The molecule has 0 amide bonds. The summed E-state index contributed by atoms with van der Waals surface area (Å²) in [6.45, 7) is 5.10. The average molecular weight is 246 g/mol. The molecule has 4 nitrogen and oxygen atoms in total.